The summed E-state index contributed by atoms with van der Waals surface area (Å²) >= 11 is 0. The number of carbonyl (C=O) groups excluding carboxylic acids is 3. The van der Waals surface area contributed by atoms with Crippen molar-refractivity contribution in [2.75, 3.05) is 46.2 Å². The minimum atomic E-state index is -3.36. The van der Waals surface area contributed by atoms with E-state index in [2.05, 4.69) is 29.8 Å². The van der Waals surface area contributed by atoms with Crippen LogP contribution in [-0.2, 0) is 80.8 Å². The molecule has 6 fully saturated rings. The van der Waals surface area contributed by atoms with Crippen LogP contribution >= 0.6 is 0 Å². The Morgan fingerprint density at radius 2 is 0.847 bits per heavy atom. The summed E-state index contributed by atoms with van der Waals surface area (Å²) in [5.74, 6) is -13.2. The first-order chi connectivity index (χ1) is 59.1. The van der Waals surface area contributed by atoms with Crippen molar-refractivity contribution in [2.24, 2.45) is 0 Å². The molecule has 25 N–H and O–H groups in total. The molecule has 6 aliphatic rings. The molecule has 0 bridgehead atoms. The third-order valence-corrected chi connectivity index (χ3v) is 23.7. The SMILES string of the molecule is CCCCCCCCCCCCC/C=C/[C@@H](O)[C@H](CO[C@@H]1OC(CO)[C@@H](O[C@@H]2OC(CO)[C@H](O[C@@H]3OC(CO[C@]4(C(=O)O)CC(O)[C@@H](NC(C)=O)C([C@H](O)[C@H](O)CO)O4)[C@H](O)[C@H](O[C@@H]4OC(CO)[C@H](O)[C@H](O[C@]5(C(=O)O)CC(O)[C@@H](O)C([C@H](O)[C@H](O)CO)O5)C4O)C3NC(C)=O)[C@H](O)C2O)[C@H](O)C1O)NC(=O)CCCCCCCCCCCCCCCCC. The predicted molar refractivity (Wildman–Crippen MR) is 428 cm³/mol. The normalized spacial score (nSPS) is 35.7. The van der Waals surface area contributed by atoms with Gasteiger partial charge in [-0.05, 0) is 19.3 Å². The number of hydrogen-bond donors (Lipinski definition) is 25. The van der Waals surface area contributed by atoms with Gasteiger partial charge in [-0.1, -0.05) is 180 Å². The molecule has 0 aromatic carbocycles. The summed E-state index contributed by atoms with van der Waals surface area (Å²) in [6.07, 6.45) is -32.4. The van der Waals surface area contributed by atoms with E-state index >= 15 is 0 Å². The molecule has 12 unspecified atom stereocenters. The zero-order valence-electron chi connectivity index (χ0n) is 71.6. The number of aliphatic hydroxyl groups is 20. The topological polar surface area (TPSA) is 677 Å². The molecule has 0 radical (unpaired) electrons. The lowest BCUT2D eigenvalue weighted by molar-refractivity contribution is -0.393. The minimum absolute atomic E-state index is 0.131. The van der Waals surface area contributed by atoms with Crippen molar-refractivity contribution in [3.63, 3.8) is 0 Å². The maximum absolute atomic E-state index is 13.6. The van der Waals surface area contributed by atoms with Crippen LogP contribution in [-0.4, -0.2) is 396 Å². The van der Waals surface area contributed by atoms with Crippen molar-refractivity contribution in [2.45, 2.75) is 428 Å². The quantitative estimate of drug-likeness (QED) is 0.0204. The summed E-state index contributed by atoms with van der Waals surface area (Å²) in [5.41, 5.74) is 0. The second kappa shape index (κ2) is 55.2. The molecular formula is C82H145N3O39. The largest absolute Gasteiger partial charge is 0.477 e. The van der Waals surface area contributed by atoms with Gasteiger partial charge in [-0.15, -0.1) is 0 Å². The Morgan fingerprint density at radius 3 is 1.34 bits per heavy atom. The number of aliphatic hydroxyl groups excluding tert-OH is 20. The van der Waals surface area contributed by atoms with Crippen LogP contribution in [0.2, 0.25) is 0 Å². The molecule has 6 saturated heterocycles. The monoisotopic (exact) mass is 1800 g/mol. The summed E-state index contributed by atoms with van der Waals surface area (Å²) in [6, 6.07) is -5.01. The molecule has 0 aliphatic carbocycles. The summed E-state index contributed by atoms with van der Waals surface area (Å²) in [5, 5.41) is 253. The van der Waals surface area contributed by atoms with Gasteiger partial charge in [-0.25, -0.2) is 9.59 Å². The molecule has 42 heteroatoms. The molecule has 0 aromatic heterocycles. The van der Waals surface area contributed by atoms with E-state index in [1.165, 1.54) is 109 Å². The van der Waals surface area contributed by atoms with Gasteiger partial charge in [0.15, 0.2) is 25.2 Å². The maximum Gasteiger partial charge on any atom is 0.364 e. The van der Waals surface area contributed by atoms with E-state index < -0.39 is 290 Å². The molecule has 3 amide bonds. The van der Waals surface area contributed by atoms with Gasteiger partial charge < -0.3 is 185 Å². The predicted octanol–water partition coefficient (Wildman–Crippen LogP) is -4.01. The molecular weight excluding hydrogens is 1650 g/mol. The lowest BCUT2D eigenvalue weighted by Gasteiger charge is -2.51. The fraction of sp³-hybridized carbons (Fsp3) is 0.915. The van der Waals surface area contributed by atoms with Gasteiger partial charge >= 0.3 is 11.9 Å². The number of ether oxygens (including phenoxy) is 12. The Kier molecular flexibility index (Phi) is 48.3. The summed E-state index contributed by atoms with van der Waals surface area (Å²) < 4.78 is 71.0. The number of carboxylic acid groups (broad SMARTS) is 2. The number of nitrogens with one attached hydrogen (secondary N) is 3. The first-order valence-electron chi connectivity index (χ1n) is 44.2. The van der Waals surface area contributed by atoms with Crippen molar-refractivity contribution >= 4 is 29.7 Å². The van der Waals surface area contributed by atoms with E-state index in [1.807, 2.05) is 6.08 Å². The van der Waals surface area contributed by atoms with E-state index in [4.69, 9.17) is 56.8 Å². The minimum Gasteiger partial charge on any atom is -0.477 e. The fourth-order valence-corrected chi connectivity index (χ4v) is 16.4. The zero-order chi connectivity index (χ0) is 91.5. The molecule has 124 heavy (non-hydrogen) atoms. The Labute approximate surface area is 722 Å². The Bertz CT molecular complexity index is 3070. The molecule has 6 aliphatic heterocycles. The molecule has 6 rings (SSSR count). The van der Waals surface area contributed by atoms with Crippen LogP contribution in [0.4, 0.5) is 0 Å². The number of hydrogen-bond acceptors (Lipinski definition) is 37. The standard InChI is InChI=1S/C82H145N3O39/c1-5-7-9-11-13-15-17-19-20-22-24-26-28-30-32-34-56(98)85-46(47(93)33-31-29-27-25-23-21-18-16-14-12-10-8-6-2)42-113-76-66(106)64(104)70(53(40-89)116-76)120-77-67(107)65(105)69(54(41-90)117-77)119-75-58(84-45(4)92)71(63(103)55(118-75)43-114-81(79(109)110)35-48(94)57(83-44(3)91)72(122-81)60(100)50(96)37-86)121-78-68(108)74(62(102)52(39-88)115-78)124-82(80(111)112)36-49(95)59(99)73(123-82)61(101)51(97)38-87/h31,33,46-55,57-78,86-90,93-97,99-108H,5-30,32,34-43H2,1-4H3,(H,83,91)(H,84,92)(H,85,98)(H,109,110)(H,111,112)/b33-31+/t46-,47+,48?,49?,50+,51+,52?,53?,54?,55?,57+,58?,59+,60+,61+,62-,63-,64+,65+,66?,67?,68?,69-,70+,71+,72?,73?,74-,75-,76+,77-,78-,81+,82-/m0/s1. The van der Waals surface area contributed by atoms with Crippen molar-refractivity contribution in [1.82, 2.24) is 16.0 Å². The third kappa shape index (κ3) is 31.5. The van der Waals surface area contributed by atoms with Crippen molar-refractivity contribution in [1.29, 1.82) is 0 Å². The fourth-order valence-electron chi connectivity index (χ4n) is 16.4. The zero-order valence-corrected chi connectivity index (χ0v) is 71.6. The Hall–Kier alpha value is -4.19. The smallest absolute Gasteiger partial charge is 0.364 e. The highest BCUT2D eigenvalue weighted by atomic mass is 16.8. The van der Waals surface area contributed by atoms with Crippen LogP contribution in [0, 0.1) is 0 Å². The average Bonchev–Trinajstić information content (AvgIpc) is 0.749. The first-order valence-corrected chi connectivity index (χ1v) is 44.2. The van der Waals surface area contributed by atoms with Gasteiger partial charge in [0.1, 0.15) is 140 Å². The highest BCUT2D eigenvalue weighted by molar-refractivity contribution is 5.77. The number of carbonyl (C=O) groups is 5. The molecule has 34 atom stereocenters. The van der Waals surface area contributed by atoms with Gasteiger partial charge in [0.2, 0.25) is 17.7 Å². The summed E-state index contributed by atoms with van der Waals surface area (Å²) in [4.78, 5) is 66.1. The number of allylic oxidation sites excluding steroid dienone is 1. The lowest BCUT2D eigenvalue weighted by atomic mass is 9.88. The number of rotatable bonds is 58. The maximum atomic E-state index is 13.6. The molecule has 6 heterocycles. The second-order valence-electron chi connectivity index (χ2n) is 33.5. The van der Waals surface area contributed by atoms with Crippen LogP contribution < -0.4 is 16.0 Å². The Morgan fingerprint density at radius 1 is 0.435 bits per heavy atom. The van der Waals surface area contributed by atoms with Crippen LogP contribution in [0.15, 0.2) is 12.2 Å². The van der Waals surface area contributed by atoms with Crippen molar-refractivity contribution < 1.29 is 193 Å². The Balaban J connectivity index is 1.23. The van der Waals surface area contributed by atoms with Crippen molar-refractivity contribution in [3.05, 3.63) is 12.2 Å². The molecule has 0 spiro atoms. The highest BCUT2D eigenvalue weighted by Crippen LogP contribution is 2.42. The summed E-state index contributed by atoms with van der Waals surface area (Å²) in [6.45, 7) is -1.54. The molecule has 0 aromatic rings. The third-order valence-electron chi connectivity index (χ3n) is 23.7. The van der Waals surface area contributed by atoms with Crippen molar-refractivity contribution in [3.8, 4) is 0 Å². The number of aliphatic carboxylic acids is 2. The van der Waals surface area contributed by atoms with Crippen LogP contribution in [0.25, 0.3) is 0 Å². The second-order valence-corrected chi connectivity index (χ2v) is 33.5. The van der Waals surface area contributed by atoms with E-state index in [1.54, 1.807) is 0 Å². The van der Waals surface area contributed by atoms with Gasteiger partial charge in [0.25, 0.3) is 11.6 Å². The van der Waals surface area contributed by atoms with Gasteiger partial charge in [-0.3, -0.25) is 14.4 Å². The van der Waals surface area contributed by atoms with Gasteiger partial charge in [0.05, 0.1) is 76.6 Å². The van der Waals surface area contributed by atoms with Crippen LogP contribution in [0.5, 0.6) is 0 Å². The molecule has 42 nitrogen and oxygen atoms in total. The van der Waals surface area contributed by atoms with E-state index in [0.29, 0.717) is 12.8 Å². The summed E-state index contributed by atoms with van der Waals surface area (Å²) in [7, 11) is 0. The molecule has 0 saturated carbocycles. The number of unbranched alkanes of at least 4 members (excludes halogenated alkanes) is 25. The van der Waals surface area contributed by atoms with Crippen LogP contribution in [0.3, 0.4) is 0 Å². The first kappa shape index (κ1) is 109. The van der Waals surface area contributed by atoms with E-state index in [-0.39, 0.29) is 12.3 Å². The number of carboxylic acids is 2. The van der Waals surface area contributed by atoms with E-state index in [9.17, 15) is 136 Å². The molecule has 722 valence electrons. The van der Waals surface area contributed by atoms with Crippen LogP contribution in [0.1, 0.15) is 220 Å². The van der Waals surface area contributed by atoms with E-state index in [0.717, 1.165) is 71.6 Å². The van der Waals surface area contributed by atoms with Gasteiger partial charge in [-0.2, -0.15) is 0 Å². The highest BCUT2D eigenvalue weighted by Gasteiger charge is 2.63. The average molecular weight is 1800 g/mol. The lowest BCUT2D eigenvalue weighted by Crippen LogP contribution is -2.71. The number of amides is 3. The van der Waals surface area contributed by atoms with Gasteiger partial charge in [0, 0.05) is 33.1 Å².